The summed E-state index contributed by atoms with van der Waals surface area (Å²) in [6.45, 7) is 21.1. The number of hydrogen-bond donors (Lipinski definition) is 0. The zero-order valence-electron chi connectivity index (χ0n) is 22.9. The molecule has 0 aromatic heterocycles. The van der Waals surface area contributed by atoms with E-state index in [1.54, 1.807) is 0 Å². The molecule has 0 aromatic carbocycles. The first kappa shape index (κ1) is 23.9. The second-order valence-corrected chi connectivity index (χ2v) is 14.8. The van der Waals surface area contributed by atoms with Gasteiger partial charge in [0.1, 0.15) is 6.10 Å². The van der Waals surface area contributed by atoms with E-state index in [9.17, 15) is 4.79 Å². The molecule has 0 aromatic rings. The summed E-state index contributed by atoms with van der Waals surface area (Å²) in [5, 5.41) is 0. The molecule has 0 heterocycles. The van der Waals surface area contributed by atoms with Crippen LogP contribution in [0.5, 0.6) is 0 Å². The first-order chi connectivity index (χ1) is 15.4. The molecule has 0 unspecified atom stereocenters. The van der Waals surface area contributed by atoms with Gasteiger partial charge in [0.05, 0.1) is 0 Å². The lowest BCUT2D eigenvalue weighted by molar-refractivity contribution is -0.157. The summed E-state index contributed by atoms with van der Waals surface area (Å²) in [7, 11) is 0. The van der Waals surface area contributed by atoms with E-state index in [1.165, 1.54) is 57.8 Å². The Morgan fingerprint density at radius 2 is 1.55 bits per heavy atom. The maximum atomic E-state index is 11.2. The van der Waals surface area contributed by atoms with Crippen molar-refractivity contribution in [3.8, 4) is 0 Å². The van der Waals surface area contributed by atoms with E-state index in [0.717, 1.165) is 24.2 Å². The van der Waals surface area contributed by atoms with Gasteiger partial charge in [0.25, 0.3) is 6.47 Å². The van der Waals surface area contributed by atoms with Crippen LogP contribution in [0.4, 0.5) is 0 Å². The molecule has 5 rings (SSSR count). The van der Waals surface area contributed by atoms with Crippen molar-refractivity contribution in [2.24, 2.45) is 50.7 Å². The van der Waals surface area contributed by atoms with Crippen LogP contribution in [0.15, 0.2) is 11.1 Å². The van der Waals surface area contributed by atoms with Gasteiger partial charge in [-0.15, -0.1) is 0 Å². The first-order valence-corrected chi connectivity index (χ1v) is 14.2. The second-order valence-electron chi connectivity index (χ2n) is 14.8. The van der Waals surface area contributed by atoms with Crippen LogP contribution in [-0.4, -0.2) is 12.6 Å². The van der Waals surface area contributed by atoms with E-state index < -0.39 is 0 Å². The Morgan fingerprint density at radius 1 is 0.818 bits per heavy atom. The van der Waals surface area contributed by atoms with Crippen molar-refractivity contribution in [2.75, 3.05) is 0 Å². The lowest BCUT2D eigenvalue weighted by Crippen LogP contribution is -2.59. The molecule has 186 valence electrons. The van der Waals surface area contributed by atoms with Gasteiger partial charge in [0, 0.05) is 5.41 Å². The van der Waals surface area contributed by atoms with Gasteiger partial charge in [-0.2, -0.15) is 0 Å². The maximum absolute atomic E-state index is 11.2. The molecule has 0 aliphatic heterocycles. The second kappa shape index (κ2) is 7.36. The normalized spacial score (nSPS) is 50.8. The molecule has 33 heavy (non-hydrogen) atoms. The quantitative estimate of drug-likeness (QED) is 0.316. The van der Waals surface area contributed by atoms with Crippen molar-refractivity contribution in [3.05, 3.63) is 11.1 Å². The summed E-state index contributed by atoms with van der Waals surface area (Å²) in [6, 6.07) is 0. The van der Waals surface area contributed by atoms with Crippen LogP contribution < -0.4 is 0 Å². The number of ether oxygens (including phenoxy) is 1. The van der Waals surface area contributed by atoms with Crippen LogP contribution in [0, 0.1) is 50.7 Å². The van der Waals surface area contributed by atoms with E-state index in [2.05, 4.69) is 55.4 Å². The highest BCUT2D eigenvalue weighted by atomic mass is 16.5. The topological polar surface area (TPSA) is 26.3 Å². The smallest absolute Gasteiger partial charge is 0.293 e. The van der Waals surface area contributed by atoms with Crippen LogP contribution in [0.1, 0.15) is 120 Å². The minimum Gasteiger partial charge on any atom is -0.464 e. The molecule has 2 heteroatoms. The van der Waals surface area contributed by atoms with Gasteiger partial charge < -0.3 is 4.74 Å². The molecule has 0 bridgehead atoms. The summed E-state index contributed by atoms with van der Waals surface area (Å²) >= 11 is 0. The van der Waals surface area contributed by atoms with Gasteiger partial charge in [-0.05, 0) is 110 Å². The minimum atomic E-state index is 0.0508. The lowest BCUT2D eigenvalue weighted by Gasteiger charge is -2.67. The molecule has 5 aliphatic rings. The Balaban J connectivity index is 1.54. The third-order valence-electron chi connectivity index (χ3n) is 13.3. The van der Waals surface area contributed by atoms with Gasteiger partial charge in [-0.3, -0.25) is 4.79 Å². The highest BCUT2D eigenvalue weighted by Crippen LogP contribution is 2.75. The fraction of sp³-hybridized carbons (Fsp3) is 0.903. The zero-order valence-corrected chi connectivity index (χ0v) is 22.9. The van der Waals surface area contributed by atoms with E-state index in [-0.39, 0.29) is 16.9 Å². The summed E-state index contributed by atoms with van der Waals surface area (Å²) in [6.07, 6.45) is 13.2. The molecule has 0 radical (unpaired) electrons. The number of allylic oxidation sites excluding steroid dienone is 2. The molecule has 0 spiro atoms. The Bertz CT molecular complexity index is 853. The Labute approximate surface area is 203 Å². The number of hydrogen-bond acceptors (Lipinski definition) is 2. The van der Waals surface area contributed by atoms with Crippen molar-refractivity contribution in [3.63, 3.8) is 0 Å². The van der Waals surface area contributed by atoms with Gasteiger partial charge >= 0.3 is 0 Å². The summed E-state index contributed by atoms with van der Waals surface area (Å²) in [5.41, 5.74) is 5.41. The van der Waals surface area contributed by atoms with Crippen molar-refractivity contribution in [1.82, 2.24) is 0 Å². The average molecular weight is 455 g/mol. The predicted octanol–water partition coefficient (Wildman–Crippen LogP) is 8.35. The van der Waals surface area contributed by atoms with E-state index >= 15 is 0 Å². The molecule has 2 nitrogen and oxygen atoms in total. The third kappa shape index (κ3) is 2.88. The van der Waals surface area contributed by atoms with Crippen molar-refractivity contribution in [1.29, 1.82) is 0 Å². The Morgan fingerprint density at radius 3 is 2.21 bits per heavy atom. The average Bonchev–Trinajstić information content (AvgIpc) is 3.10. The molecule has 8 atom stereocenters. The largest absolute Gasteiger partial charge is 0.464 e. The number of rotatable bonds is 3. The Kier molecular flexibility index (Phi) is 5.34. The van der Waals surface area contributed by atoms with Crippen LogP contribution >= 0.6 is 0 Å². The van der Waals surface area contributed by atoms with E-state index in [0.29, 0.717) is 28.6 Å². The standard InChI is InChI=1S/C31H50O2/c1-20(2)21-9-12-25-29(21,6)17-18-30(7)23-10-11-24-27(3,4)26(33-19-32)14-15-28(24,5)22(23)13-16-31(25,30)8/h19-21,24-26H,9-18H2,1-8H3/t21-,24+,25-,26+,28-,29-,30-,31+/m1/s1. The predicted molar refractivity (Wildman–Crippen MR) is 136 cm³/mol. The van der Waals surface area contributed by atoms with Gasteiger partial charge in [-0.1, -0.05) is 66.5 Å². The van der Waals surface area contributed by atoms with Gasteiger partial charge in [0.2, 0.25) is 0 Å². The molecule has 0 N–H and O–H groups in total. The molecule has 0 saturated heterocycles. The number of carbonyl (C=O) groups excluding carboxylic acids is 1. The number of fused-ring (bicyclic) bond motifs is 6. The third-order valence-corrected chi connectivity index (χ3v) is 13.3. The van der Waals surface area contributed by atoms with Crippen LogP contribution in [0.3, 0.4) is 0 Å². The fourth-order valence-corrected chi connectivity index (χ4v) is 11.5. The fourth-order valence-electron chi connectivity index (χ4n) is 11.5. The van der Waals surface area contributed by atoms with Crippen LogP contribution in [0.2, 0.25) is 0 Å². The molecule has 0 amide bonds. The maximum Gasteiger partial charge on any atom is 0.293 e. The monoisotopic (exact) mass is 454 g/mol. The highest BCUT2D eigenvalue weighted by molar-refractivity contribution is 5.40. The molecular weight excluding hydrogens is 404 g/mol. The molecule has 3 saturated carbocycles. The van der Waals surface area contributed by atoms with Gasteiger partial charge in [-0.25, -0.2) is 0 Å². The SMILES string of the molecule is CC(C)[C@H]1CC[C@@H]2[C@]1(C)CC[C@]1(C)C3=C(CC[C@@]21C)[C@@]1(C)CC[C@H](OC=O)C(C)(C)[C@@H]1CC3. The zero-order chi connectivity index (χ0) is 24.0. The van der Waals surface area contributed by atoms with Gasteiger partial charge in [0.15, 0.2) is 0 Å². The number of carbonyl (C=O) groups is 1. The van der Waals surface area contributed by atoms with Crippen molar-refractivity contribution < 1.29 is 9.53 Å². The lowest BCUT2D eigenvalue weighted by atomic mass is 9.37. The van der Waals surface area contributed by atoms with E-state index in [1.807, 2.05) is 11.1 Å². The molecule has 3 fully saturated rings. The van der Waals surface area contributed by atoms with Crippen molar-refractivity contribution >= 4 is 6.47 Å². The highest BCUT2D eigenvalue weighted by Gasteiger charge is 2.67. The van der Waals surface area contributed by atoms with E-state index in [4.69, 9.17) is 4.74 Å². The van der Waals surface area contributed by atoms with Crippen LogP contribution in [0.25, 0.3) is 0 Å². The Hall–Kier alpha value is -0.790. The summed E-state index contributed by atoms with van der Waals surface area (Å²) < 4.78 is 5.64. The minimum absolute atomic E-state index is 0.0508. The summed E-state index contributed by atoms with van der Waals surface area (Å²) in [4.78, 5) is 11.2. The van der Waals surface area contributed by atoms with Crippen LogP contribution in [-0.2, 0) is 9.53 Å². The van der Waals surface area contributed by atoms with Crippen molar-refractivity contribution in [2.45, 2.75) is 126 Å². The summed E-state index contributed by atoms with van der Waals surface area (Å²) in [5.74, 6) is 3.21. The molecule has 5 aliphatic carbocycles. The molecular formula is C31H50O2. The first-order valence-electron chi connectivity index (χ1n) is 14.2.